The summed E-state index contributed by atoms with van der Waals surface area (Å²) in [6.45, 7) is 2.01. The molecule has 0 N–H and O–H groups in total. The molecule has 0 saturated heterocycles. The molecule has 2 aromatic carbocycles. The minimum atomic E-state index is 0.580. The van der Waals surface area contributed by atoms with Crippen LogP contribution in [0, 0.1) is 6.92 Å². The Morgan fingerprint density at radius 2 is 1.86 bits per heavy atom. The van der Waals surface area contributed by atoms with E-state index in [1.54, 1.807) is 13.3 Å². The van der Waals surface area contributed by atoms with Crippen molar-refractivity contribution in [2.24, 2.45) is 0 Å². The number of halogens is 1. The lowest BCUT2D eigenvalue weighted by molar-refractivity contribution is 0.419. The zero-order valence-corrected chi connectivity index (χ0v) is 13.3. The van der Waals surface area contributed by atoms with Crippen molar-refractivity contribution in [1.29, 1.82) is 0 Å². The SMILES string of the molecule is COc1cccc2c(Oc3ccc(Br)cc3C)nccc12. The van der Waals surface area contributed by atoms with E-state index in [-0.39, 0.29) is 0 Å². The summed E-state index contributed by atoms with van der Waals surface area (Å²) in [5.74, 6) is 2.19. The first-order valence-electron chi connectivity index (χ1n) is 6.55. The molecule has 0 fully saturated rings. The van der Waals surface area contributed by atoms with E-state index in [9.17, 15) is 0 Å². The van der Waals surface area contributed by atoms with Gasteiger partial charge in [-0.15, -0.1) is 0 Å². The Morgan fingerprint density at radius 3 is 2.62 bits per heavy atom. The summed E-state index contributed by atoms with van der Waals surface area (Å²) in [7, 11) is 1.66. The van der Waals surface area contributed by atoms with Crippen LogP contribution >= 0.6 is 15.9 Å². The number of hydrogen-bond acceptors (Lipinski definition) is 3. The van der Waals surface area contributed by atoms with Gasteiger partial charge in [0, 0.05) is 21.4 Å². The minimum Gasteiger partial charge on any atom is -0.496 e. The van der Waals surface area contributed by atoms with Crippen LogP contribution in [0.1, 0.15) is 5.56 Å². The number of ether oxygens (including phenoxy) is 2. The molecule has 0 aliphatic carbocycles. The number of aryl methyl sites for hydroxylation is 1. The van der Waals surface area contributed by atoms with Crippen LogP contribution in [0.25, 0.3) is 10.8 Å². The second kappa shape index (κ2) is 5.74. The first kappa shape index (κ1) is 13.9. The van der Waals surface area contributed by atoms with Gasteiger partial charge in [-0.1, -0.05) is 22.0 Å². The van der Waals surface area contributed by atoms with Gasteiger partial charge < -0.3 is 9.47 Å². The van der Waals surface area contributed by atoms with Crippen molar-refractivity contribution in [3.8, 4) is 17.4 Å². The minimum absolute atomic E-state index is 0.580. The summed E-state index contributed by atoms with van der Waals surface area (Å²) in [6.07, 6.45) is 1.73. The first-order valence-corrected chi connectivity index (χ1v) is 7.34. The predicted octanol–water partition coefficient (Wildman–Crippen LogP) is 5.11. The summed E-state index contributed by atoms with van der Waals surface area (Å²) in [5.41, 5.74) is 1.05. The van der Waals surface area contributed by atoms with Crippen LogP contribution in [-0.2, 0) is 0 Å². The summed E-state index contributed by atoms with van der Waals surface area (Å²) in [5, 5.41) is 1.92. The molecule has 3 aromatic rings. The van der Waals surface area contributed by atoms with Crippen LogP contribution in [0.4, 0.5) is 0 Å². The van der Waals surface area contributed by atoms with Crippen LogP contribution in [0.15, 0.2) is 53.1 Å². The molecule has 106 valence electrons. The molecule has 0 atom stereocenters. The van der Waals surface area contributed by atoms with Gasteiger partial charge in [0.25, 0.3) is 0 Å². The van der Waals surface area contributed by atoms with Crippen LogP contribution < -0.4 is 9.47 Å². The average molecular weight is 344 g/mol. The number of hydrogen-bond donors (Lipinski definition) is 0. The first-order chi connectivity index (χ1) is 10.2. The van der Waals surface area contributed by atoms with Gasteiger partial charge >= 0.3 is 0 Å². The third-order valence-corrected chi connectivity index (χ3v) is 3.79. The molecule has 0 radical (unpaired) electrons. The molecule has 1 aromatic heterocycles. The normalized spacial score (nSPS) is 10.6. The fourth-order valence-corrected chi connectivity index (χ4v) is 2.72. The van der Waals surface area contributed by atoms with E-state index in [0.29, 0.717) is 5.88 Å². The Bertz CT molecular complexity index is 802. The molecule has 0 unspecified atom stereocenters. The molecule has 4 heteroatoms. The van der Waals surface area contributed by atoms with Crippen molar-refractivity contribution in [1.82, 2.24) is 4.98 Å². The maximum Gasteiger partial charge on any atom is 0.227 e. The van der Waals surface area contributed by atoms with E-state index in [1.165, 1.54) is 0 Å². The predicted molar refractivity (Wildman–Crippen MR) is 87.2 cm³/mol. The molecule has 0 saturated carbocycles. The molecule has 0 aliphatic heterocycles. The van der Waals surface area contributed by atoms with Crippen molar-refractivity contribution in [2.75, 3.05) is 7.11 Å². The van der Waals surface area contributed by atoms with Gasteiger partial charge in [0.15, 0.2) is 0 Å². The Balaban J connectivity index is 2.08. The topological polar surface area (TPSA) is 31.4 Å². The summed E-state index contributed by atoms with van der Waals surface area (Å²) in [6, 6.07) is 13.7. The van der Waals surface area contributed by atoms with Crippen molar-refractivity contribution in [3.63, 3.8) is 0 Å². The number of methoxy groups -OCH3 is 1. The standard InChI is InChI=1S/C17H14BrNO2/c1-11-10-12(18)6-7-15(11)21-17-14-4-3-5-16(20-2)13(14)8-9-19-17/h3-10H,1-2H3. The molecular weight excluding hydrogens is 330 g/mol. The highest BCUT2D eigenvalue weighted by molar-refractivity contribution is 9.10. The number of nitrogens with zero attached hydrogens (tertiary/aromatic N) is 1. The molecule has 3 rings (SSSR count). The number of rotatable bonds is 3. The highest BCUT2D eigenvalue weighted by Gasteiger charge is 2.09. The fraction of sp³-hybridized carbons (Fsp3) is 0.118. The highest BCUT2D eigenvalue weighted by atomic mass is 79.9. The number of aromatic nitrogens is 1. The smallest absolute Gasteiger partial charge is 0.227 e. The molecule has 1 heterocycles. The molecule has 0 amide bonds. The third kappa shape index (κ3) is 2.72. The van der Waals surface area contributed by atoms with Crippen LogP contribution in [-0.4, -0.2) is 12.1 Å². The van der Waals surface area contributed by atoms with Crippen LogP contribution in [0.5, 0.6) is 17.4 Å². The second-order valence-corrected chi connectivity index (χ2v) is 5.60. The molecule has 0 bridgehead atoms. The highest BCUT2D eigenvalue weighted by Crippen LogP contribution is 2.34. The number of pyridine rings is 1. The zero-order chi connectivity index (χ0) is 14.8. The molecule has 0 aliphatic rings. The lowest BCUT2D eigenvalue weighted by Crippen LogP contribution is -1.93. The van der Waals surface area contributed by atoms with Crippen LogP contribution in [0.3, 0.4) is 0 Å². The third-order valence-electron chi connectivity index (χ3n) is 3.29. The molecule has 3 nitrogen and oxygen atoms in total. The lowest BCUT2D eigenvalue weighted by atomic mass is 10.1. The Labute approximate surface area is 131 Å². The van der Waals surface area contributed by atoms with Crippen LogP contribution in [0.2, 0.25) is 0 Å². The average Bonchev–Trinajstić information content (AvgIpc) is 2.49. The van der Waals surface area contributed by atoms with Gasteiger partial charge in [0.05, 0.1) is 7.11 Å². The second-order valence-electron chi connectivity index (χ2n) is 4.68. The zero-order valence-electron chi connectivity index (χ0n) is 11.8. The Kier molecular flexibility index (Phi) is 3.80. The summed E-state index contributed by atoms with van der Waals surface area (Å²) < 4.78 is 12.4. The van der Waals surface area contributed by atoms with Gasteiger partial charge in [0.1, 0.15) is 11.5 Å². The van der Waals surface area contributed by atoms with Crippen molar-refractivity contribution >= 4 is 26.7 Å². The largest absolute Gasteiger partial charge is 0.496 e. The van der Waals surface area contributed by atoms with E-state index in [1.807, 2.05) is 49.4 Å². The Morgan fingerprint density at radius 1 is 1.00 bits per heavy atom. The van der Waals surface area contributed by atoms with Gasteiger partial charge in [0.2, 0.25) is 5.88 Å². The van der Waals surface area contributed by atoms with E-state index < -0.39 is 0 Å². The summed E-state index contributed by atoms with van der Waals surface area (Å²) >= 11 is 3.45. The van der Waals surface area contributed by atoms with Gasteiger partial charge in [-0.2, -0.15) is 0 Å². The van der Waals surface area contributed by atoms with E-state index in [2.05, 4.69) is 20.9 Å². The number of fused-ring (bicyclic) bond motifs is 1. The molecule has 0 spiro atoms. The quantitative estimate of drug-likeness (QED) is 0.662. The van der Waals surface area contributed by atoms with Crippen molar-refractivity contribution in [2.45, 2.75) is 6.92 Å². The molecule has 21 heavy (non-hydrogen) atoms. The maximum atomic E-state index is 5.99. The van der Waals surface area contributed by atoms with Gasteiger partial charge in [-0.05, 0) is 48.9 Å². The Hall–Kier alpha value is -2.07. The van der Waals surface area contributed by atoms with Crippen molar-refractivity contribution < 1.29 is 9.47 Å². The fourth-order valence-electron chi connectivity index (χ4n) is 2.24. The van der Waals surface area contributed by atoms with E-state index in [0.717, 1.165) is 32.3 Å². The number of benzene rings is 2. The lowest BCUT2D eigenvalue weighted by Gasteiger charge is -2.11. The molecular formula is C17H14BrNO2. The van der Waals surface area contributed by atoms with E-state index in [4.69, 9.17) is 9.47 Å². The maximum absolute atomic E-state index is 5.99. The van der Waals surface area contributed by atoms with Gasteiger partial charge in [-0.3, -0.25) is 0 Å². The van der Waals surface area contributed by atoms with Gasteiger partial charge in [-0.25, -0.2) is 4.98 Å². The van der Waals surface area contributed by atoms with Crippen molar-refractivity contribution in [3.05, 3.63) is 58.7 Å². The monoisotopic (exact) mass is 343 g/mol. The van der Waals surface area contributed by atoms with E-state index >= 15 is 0 Å². The summed E-state index contributed by atoms with van der Waals surface area (Å²) in [4.78, 5) is 4.35.